The fourth-order valence-electron chi connectivity index (χ4n) is 2.13. The van der Waals surface area contributed by atoms with Crippen LogP contribution in [0.5, 0.6) is 0 Å². The normalized spacial score (nSPS) is 11.8. The second-order valence-corrected chi connectivity index (χ2v) is 7.22. The monoisotopic (exact) mass is 370 g/mol. The number of carbonyl (C=O) groups is 1. The summed E-state index contributed by atoms with van der Waals surface area (Å²) in [5, 5.41) is 12.7. The highest BCUT2D eigenvalue weighted by atomic mass is 32.2. The fraction of sp³-hybridized carbons (Fsp3) is 0.400. The average molecular weight is 370 g/mol. The van der Waals surface area contributed by atoms with Crippen LogP contribution in [0.15, 0.2) is 27.5 Å². The van der Waals surface area contributed by atoms with Gasteiger partial charge in [-0.1, -0.05) is 6.92 Å². The van der Waals surface area contributed by atoms with Crippen molar-refractivity contribution in [3.8, 4) is 0 Å². The van der Waals surface area contributed by atoms with Gasteiger partial charge in [-0.25, -0.2) is 17.9 Å². The first-order chi connectivity index (χ1) is 11.6. The van der Waals surface area contributed by atoms with E-state index in [-0.39, 0.29) is 23.4 Å². The summed E-state index contributed by atoms with van der Waals surface area (Å²) in [4.78, 5) is 13.7. The molecule has 0 saturated heterocycles. The minimum absolute atomic E-state index is 0.0253. The summed E-state index contributed by atoms with van der Waals surface area (Å²) >= 11 is 0. The van der Waals surface area contributed by atoms with Gasteiger partial charge in [0.15, 0.2) is 0 Å². The molecule has 25 heavy (non-hydrogen) atoms. The molecule has 0 bridgehead atoms. The summed E-state index contributed by atoms with van der Waals surface area (Å²) in [6.07, 6.45) is 0.549. The molecule has 8 nitrogen and oxygen atoms in total. The SMILES string of the molecule is CCc1nnc(CN(C(=O)c2cc(S(N)(=O)=O)ccc2F)C(C)C)o1. The maximum atomic E-state index is 14.1. The largest absolute Gasteiger partial charge is 0.423 e. The van der Waals surface area contributed by atoms with Gasteiger partial charge in [-0.05, 0) is 32.0 Å². The Balaban J connectivity index is 2.37. The van der Waals surface area contributed by atoms with Crippen molar-refractivity contribution in [2.24, 2.45) is 5.14 Å². The number of primary sulfonamides is 1. The number of rotatable bonds is 6. The second-order valence-electron chi connectivity index (χ2n) is 5.66. The van der Waals surface area contributed by atoms with Gasteiger partial charge >= 0.3 is 0 Å². The molecule has 0 atom stereocenters. The number of hydrogen-bond acceptors (Lipinski definition) is 6. The standard InChI is InChI=1S/C15H19FN4O4S/c1-4-13-18-19-14(24-13)8-20(9(2)3)15(21)11-7-10(25(17,22)23)5-6-12(11)16/h5-7,9H,4,8H2,1-3H3,(H2,17,22,23). The molecule has 1 amide bonds. The molecule has 0 aliphatic heterocycles. The van der Waals surface area contributed by atoms with Gasteiger partial charge in [0.1, 0.15) is 5.82 Å². The van der Waals surface area contributed by atoms with Gasteiger partial charge in [-0.3, -0.25) is 4.79 Å². The average Bonchev–Trinajstić information content (AvgIpc) is 2.99. The van der Waals surface area contributed by atoms with E-state index in [4.69, 9.17) is 9.56 Å². The Bertz CT molecular complexity index is 879. The van der Waals surface area contributed by atoms with Crippen LogP contribution in [-0.4, -0.2) is 35.5 Å². The smallest absolute Gasteiger partial charge is 0.257 e. The lowest BCUT2D eigenvalue weighted by Crippen LogP contribution is -2.37. The van der Waals surface area contributed by atoms with E-state index in [1.165, 1.54) is 4.90 Å². The molecule has 136 valence electrons. The molecule has 10 heteroatoms. The number of hydrogen-bond donors (Lipinski definition) is 1. The maximum absolute atomic E-state index is 14.1. The molecule has 1 heterocycles. The van der Waals surface area contributed by atoms with Crippen LogP contribution in [0.4, 0.5) is 4.39 Å². The third-order valence-corrected chi connectivity index (χ3v) is 4.41. The zero-order chi connectivity index (χ0) is 18.8. The minimum Gasteiger partial charge on any atom is -0.423 e. The van der Waals surface area contributed by atoms with Crippen LogP contribution in [0.2, 0.25) is 0 Å². The Hall–Kier alpha value is -2.33. The van der Waals surface area contributed by atoms with Gasteiger partial charge in [0.05, 0.1) is 17.0 Å². The Morgan fingerprint density at radius 1 is 1.32 bits per heavy atom. The topological polar surface area (TPSA) is 119 Å². The first kappa shape index (κ1) is 19.0. The second kappa shape index (κ2) is 7.28. The third-order valence-electron chi connectivity index (χ3n) is 3.50. The molecule has 0 spiro atoms. The van der Waals surface area contributed by atoms with Crippen LogP contribution in [0.25, 0.3) is 0 Å². The molecule has 2 aromatic rings. The molecule has 2 rings (SSSR count). The highest BCUT2D eigenvalue weighted by molar-refractivity contribution is 7.89. The van der Waals surface area contributed by atoms with Gasteiger partial charge in [-0.15, -0.1) is 10.2 Å². The number of amides is 1. The van der Waals surface area contributed by atoms with Crippen LogP contribution < -0.4 is 5.14 Å². The van der Waals surface area contributed by atoms with Crippen molar-refractivity contribution >= 4 is 15.9 Å². The van der Waals surface area contributed by atoms with E-state index in [1.54, 1.807) is 13.8 Å². The molecule has 0 saturated carbocycles. The van der Waals surface area contributed by atoms with Gasteiger partial charge in [0.25, 0.3) is 5.91 Å². The van der Waals surface area contributed by atoms with E-state index < -0.39 is 27.3 Å². The van der Waals surface area contributed by atoms with Crippen molar-refractivity contribution < 1.29 is 22.0 Å². The number of carbonyl (C=O) groups excluding carboxylic acids is 1. The highest BCUT2D eigenvalue weighted by Crippen LogP contribution is 2.19. The van der Waals surface area contributed by atoms with Crippen molar-refractivity contribution in [3.63, 3.8) is 0 Å². The van der Waals surface area contributed by atoms with Gasteiger partial charge in [0, 0.05) is 12.5 Å². The van der Waals surface area contributed by atoms with E-state index in [0.717, 1.165) is 18.2 Å². The van der Waals surface area contributed by atoms with Crippen LogP contribution in [0.3, 0.4) is 0 Å². The Kier molecular flexibility index (Phi) is 5.53. The quantitative estimate of drug-likeness (QED) is 0.822. The number of nitrogens with zero attached hydrogens (tertiary/aromatic N) is 3. The molecule has 1 aromatic carbocycles. The van der Waals surface area contributed by atoms with Gasteiger partial charge < -0.3 is 9.32 Å². The van der Waals surface area contributed by atoms with Crippen molar-refractivity contribution in [2.75, 3.05) is 0 Å². The number of halogens is 1. The molecule has 1 aromatic heterocycles. The highest BCUT2D eigenvalue weighted by Gasteiger charge is 2.25. The number of nitrogens with two attached hydrogens (primary N) is 1. The molecule has 0 aliphatic rings. The summed E-state index contributed by atoms with van der Waals surface area (Å²) in [5.41, 5.74) is -0.393. The van der Waals surface area contributed by atoms with Crippen molar-refractivity contribution in [1.29, 1.82) is 0 Å². The Morgan fingerprint density at radius 2 is 1.96 bits per heavy atom. The van der Waals surface area contributed by atoms with Crippen molar-refractivity contribution in [2.45, 2.75) is 44.7 Å². The van der Waals surface area contributed by atoms with E-state index in [0.29, 0.717) is 12.3 Å². The van der Waals surface area contributed by atoms with Crippen LogP contribution in [-0.2, 0) is 23.0 Å². The molecular weight excluding hydrogens is 351 g/mol. The maximum Gasteiger partial charge on any atom is 0.257 e. The molecule has 0 fully saturated rings. The van der Waals surface area contributed by atoms with E-state index in [1.807, 2.05) is 6.92 Å². The first-order valence-corrected chi connectivity index (χ1v) is 9.12. The molecule has 0 aliphatic carbocycles. The Morgan fingerprint density at radius 3 is 2.48 bits per heavy atom. The Labute approximate surface area is 144 Å². The zero-order valence-corrected chi connectivity index (χ0v) is 14.9. The van der Waals surface area contributed by atoms with Gasteiger partial charge in [-0.2, -0.15) is 0 Å². The van der Waals surface area contributed by atoms with Crippen molar-refractivity contribution in [3.05, 3.63) is 41.4 Å². The summed E-state index contributed by atoms with van der Waals surface area (Å²) in [5.74, 6) is -0.910. The van der Waals surface area contributed by atoms with Crippen LogP contribution in [0, 0.1) is 5.82 Å². The summed E-state index contributed by atoms with van der Waals surface area (Å²) in [6, 6.07) is 2.51. The first-order valence-electron chi connectivity index (χ1n) is 7.58. The van der Waals surface area contributed by atoms with E-state index in [2.05, 4.69) is 10.2 Å². The summed E-state index contributed by atoms with van der Waals surface area (Å²) in [6.45, 7) is 5.28. The number of sulfonamides is 1. The number of benzene rings is 1. The predicted molar refractivity (Wildman–Crippen MR) is 86.5 cm³/mol. The molecular formula is C15H19FN4O4S. The van der Waals surface area contributed by atoms with Gasteiger partial charge in [0.2, 0.25) is 21.8 Å². The fourth-order valence-corrected chi connectivity index (χ4v) is 2.67. The third kappa shape index (κ3) is 4.40. The summed E-state index contributed by atoms with van der Waals surface area (Å²) in [7, 11) is -4.06. The zero-order valence-electron chi connectivity index (χ0n) is 14.1. The number of aromatic nitrogens is 2. The van der Waals surface area contributed by atoms with E-state index in [9.17, 15) is 17.6 Å². The minimum atomic E-state index is -4.06. The molecule has 0 radical (unpaired) electrons. The predicted octanol–water partition coefficient (Wildman–Crippen LogP) is 1.47. The lowest BCUT2D eigenvalue weighted by Gasteiger charge is -2.25. The molecule has 0 unspecified atom stereocenters. The van der Waals surface area contributed by atoms with Crippen molar-refractivity contribution in [1.82, 2.24) is 15.1 Å². The molecule has 2 N–H and O–H groups in total. The van der Waals surface area contributed by atoms with Crippen LogP contribution in [0.1, 0.15) is 42.9 Å². The van der Waals surface area contributed by atoms with E-state index >= 15 is 0 Å². The van der Waals surface area contributed by atoms with Crippen LogP contribution >= 0.6 is 0 Å². The lowest BCUT2D eigenvalue weighted by molar-refractivity contribution is 0.0666. The lowest BCUT2D eigenvalue weighted by atomic mass is 10.1. The summed E-state index contributed by atoms with van der Waals surface area (Å²) < 4.78 is 42.4. The number of aryl methyl sites for hydroxylation is 1.